The van der Waals surface area contributed by atoms with Crippen LogP contribution in [0.25, 0.3) is 0 Å². The number of aromatic nitrogens is 1. The number of amides is 1. The van der Waals surface area contributed by atoms with E-state index in [4.69, 9.17) is 5.26 Å². The minimum absolute atomic E-state index is 0.0978. The second-order valence-electron chi connectivity index (χ2n) is 4.77. The zero-order valence-corrected chi connectivity index (χ0v) is 12.2. The molecule has 1 aromatic heterocycles. The Morgan fingerprint density at radius 1 is 1.40 bits per heavy atom. The maximum atomic E-state index is 11.9. The lowest BCUT2D eigenvalue weighted by atomic mass is 10.1. The molecule has 2 aromatic rings. The van der Waals surface area contributed by atoms with Crippen LogP contribution in [0.15, 0.2) is 29.6 Å². The normalized spacial score (nSPS) is 10.3. The summed E-state index contributed by atoms with van der Waals surface area (Å²) in [6.07, 6.45) is 0.280. The van der Waals surface area contributed by atoms with Gasteiger partial charge in [-0.05, 0) is 23.6 Å². The van der Waals surface area contributed by atoms with E-state index in [2.05, 4.69) is 30.2 Å². The second kappa shape index (κ2) is 6.31. The van der Waals surface area contributed by atoms with Crippen molar-refractivity contribution in [2.45, 2.75) is 26.2 Å². The lowest BCUT2D eigenvalue weighted by Crippen LogP contribution is -2.14. The molecule has 2 rings (SSSR count). The zero-order valence-electron chi connectivity index (χ0n) is 11.4. The SMILES string of the molecule is CC(C)c1csc(NC(=O)Cc2ccc(C#N)cc2)n1. The molecule has 102 valence electrons. The largest absolute Gasteiger partial charge is 0.302 e. The molecule has 0 saturated heterocycles. The van der Waals surface area contributed by atoms with Gasteiger partial charge in [-0.2, -0.15) is 5.26 Å². The molecule has 0 bridgehead atoms. The highest BCUT2D eigenvalue weighted by Crippen LogP contribution is 2.21. The Hall–Kier alpha value is -2.19. The van der Waals surface area contributed by atoms with Gasteiger partial charge in [0.1, 0.15) is 0 Å². The summed E-state index contributed by atoms with van der Waals surface area (Å²) >= 11 is 1.44. The third-order valence-electron chi connectivity index (χ3n) is 2.81. The van der Waals surface area contributed by atoms with Gasteiger partial charge in [0.2, 0.25) is 5.91 Å². The van der Waals surface area contributed by atoms with Crippen LogP contribution in [0.3, 0.4) is 0 Å². The summed E-state index contributed by atoms with van der Waals surface area (Å²) in [6.45, 7) is 4.13. The minimum atomic E-state index is -0.0978. The molecule has 0 unspecified atom stereocenters. The van der Waals surface area contributed by atoms with Crippen molar-refractivity contribution in [3.63, 3.8) is 0 Å². The molecule has 5 heteroatoms. The molecule has 0 aliphatic rings. The molecule has 1 aromatic carbocycles. The van der Waals surface area contributed by atoms with E-state index in [-0.39, 0.29) is 12.3 Å². The summed E-state index contributed by atoms with van der Waals surface area (Å²) in [5, 5.41) is 14.1. The molecule has 0 aliphatic carbocycles. The fraction of sp³-hybridized carbons (Fsp3) is 0.267. The molecule has 0 atom stereocenters. The first-order valence-electron chi connectivity index (χ1n) is 6.33. The zero-order chi connectivity index (χ0) is 14.5. The summed E-state index contributed by atoms with van der Waals surface area (Å²) in [4.78, 5) is 16.3. The van der Waals surface area contributed by atoms with Crippen molar-refractivity contribution in [2.24, 2.45) is 0 Å². The Bertz CT molecular complexity index is 638. The topological polar surface area (TPSA) is 65.8 Å². The van der Waals surface area contributed by atoms with Gasteiger partial charge < -0.3 is 5.32 Å². The maximum absolute atomic E-state index is 11.9. The molecule has 0 radical (unpaired) electrons. The number of nitrogens with zero attached hydrogens (tertiary/aromatic N) is 2. The Morgan fingerprint density at radius 2 is 2.10 bits per heavy atom. The smallest absolute Gasteiger partial charge is 0.230 e. The number of hydrogen-bond donors (Lipinski definition) is 1. The van der Waals surface area contributed by atoms with Crippen molar-refractivity contribution in [3.8, 4) is 6.07 Å². The predicted molar refractivity (Wildman–Crippen MR) is 79.7 cm³/mol. The Morgan fingerprint density at radius 3 is 2.65 bits per heavy atom. The summed E-state index contributed by atoms with van der Waals surface area (Å²) in [5.74, 6) is 0.259. The molecular formula is C15H15N3OS. The fourth-order valence-electron chi connectivity index (χ4n) is 1.65. The maximum Gasteiger partial charge on any atom is 0.230 e. The van der Waals surface area contributed by atoms with E-state index >= 15 is 0 Å². The van der Waals surface area contributed by atoms with Crippen LogP contribution in [0, 0.1) is 11.3 Å². The first kappa shape index (κ1) is 14.2. The number of benzene rings is 1. The minimum Gasteiger partial charge on any atom is -0.302 e. The van der Waals surface area contributed by atoms with Crippen molar-refractivity contribution in [3.05, 3.63) is 46.5 Å². The van der Waals surface area contributed by atoms with Crippen molar-refractivity contribution < 1.29 is 4.79 Å². The molecule has 0 saturated carbocycles. The molecule has 0 spiro atoms. The monoisotopic (exact) mass is 285 g/mol. The van der Waals surface area contributed by atoms with Crippen molar-refractivity contribution in [1.82, 2.24) is 4.98 Å². The van der Waals surface area contributed by atoms with Gasteiger partial charge >= 0.3 is 0 Å². The van der Waals surface area contributed by atoms with Gasteiger partial charge in [-0.25, -0.2) is 4.98 Å². The summed E-state index contributed by atoms with van der Waals surface area (Å²) in [5.41, 5.74) is 2.46. The average Bonchev–Trinajstić information content (AvgIpc) is 2.88. The second-order valence-corrected chi connectivity index (χ2v) is 5.62. The molecule has 0 fully saturated rings. The Labute approximate surface area is 122 Å². The molecule has 0 aliphatic heterocycles. The summed E-state index contributed by atoms with van der Waals surface area (Å²) in [6, 6.07) is 9.06. The molecule has 1 amide bonds. The van der Waals surface area contributed by atoms with Crippen LogP contribution in [0.2, 0.25) is 0 Å². The first-order chi connectivity index (χ1) is 9.58. The molecule has 4 nitrogen and oxygen atoms in total. The van der Waals surface area contributed by atoms with Crippen LogP contribution in [0.1, 0.15) is 36.6 Å². The first-order valence-corrected chi connectivity index (χ1v) is 7.20. The third-order valence-corrected chi connectivity index (χ3v) is 3.58. The van der Waals surface area contributed by atoms with Crippen LogP contribution in [-0.4, -0.2) is 10.9 Å². The van der Waals surface area contributed by atoms with E-state index in [1.54, 1.807) is 24.3 Å². The Kier molecular flexibility index (Phi) is 4.49. The van der Waals surface area contributed by atoms with Crippen LogP contribution in [-0.2, 0) is 11.2 Å². The van der Waals surface area contributed by atoms with E-state index in [1.165, 1.54) is 11.3 Å². The van der Waals surface area contributed by atoms with Crippen LogP contribution in [0.4, 0.5) is 5.13 Å². The molecule has 1 N–H and O–H groups in total. The number of hydrogen-bond acceptors (Lipinski definition) is 4. The van der Waals surface area contributed by atoms with Gasteiger partial charge in [-0.15, -0.1) is 11.3 Å². The highest BCUT2D eigenvalue weighted by Gasteiger charge is 2.09. The number of nitrogens with one attached hydrogen (secondary N) is 1. The van der Waals surface area contributed by atoms with E-state index in [1.807, 2.05) is 5.38 Å². The van der Waals surface area contributed by atoms with E-state index in [0.717, 1.165) is 11.3 Å². The van der Waals surface area contributed by atoms with Crippen LogP contribution < -0.4 is 5.32 Å². The van der Waals surface area contributed by atoms with Crippen LogP contribution >= 0.6 is 11.3 Å². The lowest BCUT2D eigenvalue weighted by Gasteiger charge is -2.02. The number of carbonyl (C=O) groups excluding carboxylic acids is 1. The van der Waals surface area contributed by atoms with E-state index in [0.29, 0.717) is 16.6 Å². The van der Waals surface area contributed by atoms with Gasteiger partial charge in [0, 0.05) is 5.38 Å². The quantitative estimate of drug-likeness (QED) is 0.937. The number of nitriles is 1. The number of rotatable bonds is 4. The number of carbonyl (C=O) groups is 1. The molecule has 20 heavy (non-hydrogen) atoms. The van der Waals surface area contributed by atoms with Gasteiger partial charge in [-0.1, -0.05) is 26.0 Å². The van der Waals surface area contributed by atoms with Gasteiger partial charge in [0.05, 0.1) is 23.7 Å². The lowest BCUT2D eigenvalue weighted by molar-refractivity contribution is -0.115. The summed E-state index contributed by atoms with van der Waals surface area (Å²) in [7, 11) is 0. The van der Waals surface area contributed by atoms with Crippen molar-refractivity contribution >= 4 is 22.4 Å². The van der Waals surface area contributed by atoms with Crippen LogP contribution in [0.5, 0.6) is 0 Å². The van der Waals surface area contributed by atoms with Crippen molar-refractivity contribution in [2.75, 3.05) is 5.32 Å². The molecule has 1 heterocycles. The van der Waals surface area contributed by atoms with Gasteiger partial charge in [-0.3, -0.25) is 4.79 Å². The Balaban J connectivity index is 1.96. The molecular weight excluding hydrogens is 270 g/mol. The number of thiazole rings is 1. The predicted octanol–water partition coefficient (Wildman–Crippen LogP) is 3.32. The summed E-state index contributed by atoms with van der Waals surface area (Å²) < 4.78 is 0. The fourth-order valence-corrected chi connectivity index (χ4v) is 2.54. The van der Waals surface area contributed by atoms with Gasteiger partial charge in [0.15, 0.2) is 5.13 Å². The van der Waals surface area contributed by atoms with E-state index < -0.39 is 0 Å². The highest BCUT2D eigenvalue weighted by molar-refractivity contribution is 7.13. The third kappa shape index (κ3) is 3.65. The van der Waals surface area contributed by atoms with E-state index in [9.17, 15) is 4.79 Å². The average molecular weight is 285 g/mol. The standard InChI is InChI=1S/C15H15N3OS/c1-10(2)13-9-20-15(17-13)18-14(19)7-11-3-5-12(8-16)6-4-11/h3-6,9-10H,7H2,1-2H3,(H,17,18,19). The van der Waals surface area contributed by atoms with Crippen molar-refractivity contribution in [1.29, 1.82) is 5.26 Å². The number of anilines is 1. The van der Waals surface area contributed by atoms with Gasteiger partial charge in [0.25, 0.3) is 0 Å². The highest BCUT2D eigenvalue weighted by atomic mass is 32.1.